The topological polar surface area (TPSA) is 55.8 Å². The van der Waals surface area contributed by atoms with Gasteiger partial charge in [0.15, 0.2) is 0 Å². The summed E-state index contributed by atoms with van der Waals surface area (Å²) in [6.45, 7) is 7.29. The van der Waals surface area contributed by atoms with Gasteiger partial charge in [0, 0.05) is 19.5 Å². The van der Waals surface area contributed by atoms with E-state index in [1.165, 1.54) is 0 Å². The first-order valence-electron chi connectivity index (χ1n) is 5.91. The molecule has 0 aliphatic carbocycles. The molecule has 5 nitrogen and oxygen atoms in total. The Bertz CT molecular complexity index is 339. The third-order valence-electron chi connectivity index (χ3n) is 3.08. The molecule has 96 valence electrons. The van der Waals surface area contributed by atoms with Crippen LogP contribution in [0.3, 0.4) is 0 Å². The van der Waals surface area contributed by atoms with Crippen LogP contribution in [0, 0.1) is 5.41 Å². The highest BCUT2D eigenvalue weighted by molar-refractivity contribution is 5.89. The minimum atomic E-state index is -0.493. The van der Waals surface area contributed by atoms with Crippen LogP contribution in [-0.4, -0.2) is 48.7 Å². The van der Waals surface area contributed by atoms with Crippen molar-refractivity contribution in [2.24, 2.45) is 5.41 Å². The van der Waals surface area contributed by atoms with E-state index in [1.54, 1.807) is 4.90 Å². The summed E-state index contributed by atoms with van der Waals surface area (Å²) in [6.07, 6.45) is 0.115. The zero-order chi connectivity index (χ0) is 12.7. The van der Waals surface area contributed by atoms with Gasteiger partial charge in [-0.15, -0.1) is 0 Å². The van der Waals surface area contributed by atoms with Crippen molar-refractivity contribution >= 4 is 11.9 Å². The first kappa shape index (κ1) is 12.4. The van der Waals surface area contributed by atoms with Gasteiger partial charge in [-0.05, 0) is 20.8 Å². The lowest BCUT2D eigenvalue weighted by Crippen LogP contribution is -2.66. The Morgan fingerprint density at radius 2 is 2.06 bits per heavy atom. The molecule has 0 radical (unpaired) electrons. The molecule has 0 atom stereocenters. The van der Waals surface area contributed by atoms with Gasteiger partial charge < -0.3 is 14.4 Å². The van der Waals surface area contributed by atoms with Crippen molar-refractivity contribution in [3.8, 4) is 0 Å². The highest BCUT2D eigenvalue weighted by Gasteiger charge is 2.52. The van der Waals surface area contributed by atoms with Gasteiger partial charge >= 0.3 is 6.09 Å². The molecule has 0 unspecified atom stereocenters. The van der Waals surface area contributed by atoms with E-state index in [0.29, 0.717) is 32.7 Å². The van der Waals surface area contributed by atoms with Crippen LogP contribution in [0.2, 0.25) is 0 Å². The van der Waals surface area contributed by atoms with E-state index in [0.717, 1.165) is 0 Å². The maximum absolute atomic E-state index is 11.8. The molecule has 2 fully saturated rings. The number of carbonyl (C=O) groups excluding carboxylic acids is 2. The predicted octanol–water partition coefficient (Wildman–Crippen LogP) is 1.21. The summed E-state index contributed by atoms with van der Waals surface area (Å²) in [6, 6.07) is 0. The van der Waals surface area contributed by atoms with Crippen molar-refractivity contribution in [3.05, 3.63) is 0 Å². The number of ether oxygens (including phenoxy) is 2. The molecule has 17 heavy (non-hydrogen) atoms. The maximum atomic E-state index is 11.8. The summed E-state index contributed by atoms with van der Waals surface area (Å²) >= 11 is 0. The first-order valence-corrected chi connectivity index (χ1v) is 5.91. The molecule has 0 aromatic carbocycles. The number of nitrogens with zero attached hydrogens (tertiary/aromatic N) is 1. The number of rotatable bonds is 0. The van der Waals surface area contributed by atoms with Gasteiger partial charge in [0.1, 0.15) is 11.4 Å². The van der Waals surface area contributed by atoms with Crippen molar-refractivity contribution in [2.45, 2.75) is 32.8 Å². The molecule has 2 heterocycles. The molecular formula is C12H19NO4. The highest BCUT2D eigenvalue weighted by Crippen LogP contribution is 2.36. The van der Waals surface area contributed by atoms with Gasteiger partial charge in [-0.2, -0.15) is 0 Å². The van der Waals surface area contributed by atoms with Gasteiger partial charge in [0.05, 0.1) is 18.6 Å². The number of carbonyl (C=O) groups is 2. The number of hydrogen-bond donors (Lipinski definition) is 0. The Balaban J connectivity index is 1.89. The molecule has 1 amide bonds. The largest absolute Gasteiger partial charge is 0.444 e. The first-order chi connectivity index (χ1) is 7.82. The lowest BCUT2D eigenvalue weighted by Gasteiger charge is -2.49. The van der Waals surface area contributed by atoms with Crippen LogP contribution in [0.5, 0.6) is 0 Å². The van der Waals surface area contributed by atoms with Gasteiger partial charge in [-0.3, -0.25) is 4.79 Å². The Morgan fingerprint density at radius 3 is 2.59 bits per heavy atom. The zero-order valence-corrected chi connectivity index (χ0v) is 10.6. The van der Waals surface area contributed by atoms with Crippen LogP contribution >= 0.6 is 0 Å². The van der Waals surface area contributed by atoms with Crippen LogP contribution in [0.1, 0.15) is 27.2 Å². The molecule has 0 saturated carbocycles. The van der Waals surface area contributed by atoms with E-state index in [4.69, 9.17) is 9.47 Å². The summed E-state index contributed by atoms with van der Waals surface area (Å²) in [5.41, 5.74) is -0.942. The van der Waals surface area contributed by atoms with Crippen LogP contribution in [0.15, 0.2) is 0 Å². The van der Waals surface area contributed by atoms with Crippen molar-refractivity contribution < 1.29 is 19.1 Å². The molecule has 1 spiro atoms. The molecule has 2 aliphatic heterocycles. The average molecular weight is 241 g/mol. The highest BCUT2D eigenvalue weighted by atomic mass is 16.6. The van der Waals surface area contributed by atoms with Crippen molar-refractivity contribution in [1.29, 1.82) is 0 Å². The number of likely N-dealkylation sites (tertiary alicyclic amines) is 1. The summed E-state index contributed by atoms with van der Waals surface area (Å²) in [4.78, 5) is 25.1. The van der Waals surface area contributed by atoms with Gasteiger partial charge in [0.25, 0.3) is 0 Å². The second-order valence-corrected chi connectivity index (χ2v) is 5.84. The van der Waals surface area contributed by atoms with Crippen LogP contribution < -0.4 is 0 Å². The fraction of sp³-hybridized carbons (Fsp3) is 0.833. The lowest BCUT2D eigenvalue weighted by atomic mass is 9.74. The summed E-state index contributed by atoms with van der Waals surface area (Å²) in [5.74, 6) is 0.212. The molecule has 2 saturated heterocycles. The normalized spacial score (nSPS) is 23.5. The third kappa shape index (κ3) is 2.44. The van der Waals surface area contributed by atoms with Gasteiger partial charge in [-0.25, -0.2) is 4.79 Å². The Morgan fingerprint density at radius 1 is 1.41 bits per heavy atom. The molecule has 2 rings (SSSR count). The Labute approximate surface area is 101 Å². The van der Waals surface area contributed by atoms with Gasteiger partial charge in [-0.1, -0.05) is 0 Å². The minimum absolute atomic E-state index is 0.212. The summed E-state index contributed by atoms with van der Waals surface area (Å²) in [5, 5.41) is 0. The second-order valence-electron chi connectivity index (χ2n) is 5.84. The molecule has 0 aromatic heterocycles. The average Bonchev–Trinajstić information content (AvgIpc) is 2.12. The molecule has 2 aliphatic rings. The summed E-state index contributed by atoms with van der Waals surface area (Å²) in [7, 11) is 0. The zero-order valence-electron chi connectivity index (χ0n) is 10.6. The number of Topliss-reactive ketones (excluding diaryl/α,β-unsaturated/α-hetero) is 1. The van der Waals surface area contributed by atoms with E-state index in [1.807, 2.05) is 20.8 Å². The number of hydrogen-bond acceptors (Lipinski definition) is 4. The fourth-order valence-electron chi connectivity index (χ4n) is 2.19. The van der Waals surface area contributed by atoms with E-state index < -0.39 is 11.0 Å². The lowest BCUT2D eigenvalue weighted by molar-refractivity contribution is -0.155. The van der Waals surface area contributed by atoms with E-state index >= 15 is 0 Å². The Hall–Kier alpha value is -1.10. The van der Waals surface area contributed by atoms with Crippen molar-refractivity contribution in [3.63, 3.8) is 0 Å². The molecule has 0 aromatic rings. The molecular weight excluding hydrogens is 222 g/mol. The standard InChI is InChI=1S/C12H19NO4/c1-11(2,3)17-10(15)13-6-12(7-13)8-16-5-4-9(12)14/h4-8H2,1-3H3. The Kier molecular flexibility index (Phi) is 2.89. The smallest absolute Gasteiger partial charge is 0.410 e. The van der Waals surface area contributed by atoms with Crippen molar-refractivity contribution in [2.75, 3.05) is 26.3 Å². The van der Waals surface area contributed by atoms with Gasteiger partial charge in [0.2, 0.25) is 0 Å². The number of ketones is 1. The SMILES string of the molecule is CC(C)(C)OC(=O)N1CC2(COCCC2=O)C1. The van der Waals surface area contributed by atoms with Crippen LogP contribution in [0.25, 0.3) is 0 Å². The third-order valence-corrected chi connectivity index (χ3v) is 3.08. The second kappa shape index (κ2) is 3.98. The van der Waals surface area contributed by atoms with Crippen molar-refractivity contribution in [1.82, 2.24) is 4.90 Å². The maximum Gasteiger partial charge on any atom is 0.410 e. The van der Waals surface area contributed by atoms with Crippen LogP contribution in [-0.2, 0) is 14.3 Å². The van der Waals surface area contributed by atoms with Crippen LogP contribution in [0.4, 0.5) is 4.79 Å². The minimum Gasteiger partial charge on any atom is -0.444 e. The molecule has 0 bridgehead atoms. The molecule has 5 heteroatoms. The van der Waals surface area contributed by atoms with E-state index in [9.17, 15) is 9.59 Å². The molecule has 0 N–H and O–H groups in total. The predicted molar refractivity (Wildman–Crippen MR) is 60.7 cm³/mol. The monoisotopic (exact) mass is 241 g/mol. The quantitative estimate of drug-likeness (QED) is 0.639. The van der Waals surface area contributed by atoms with E-state index in [2.05, 4.69) is 0 Å². The number of amides is 1. The summed E-state index contributed by atoms with van der Waals surface area (Å²) < 4.78 is 10.6. The van der Waals surface area contributed by atoms with E-state index in [-0.39, 0.29) is 11.9 Å². The fourth-order valence-corrected chi connectivity index (χ4v) is 2.19.